The largest absolute Gasteiger partial charge is 0.478 e. The number of hydrogen-bond donors (Lipinski definition) is 1. The predicted molar refractivity (Wildman–Crippen MR) is 50.2 cm³/mol. The summed E-state index contributed by atoms with van der Waals surface area (Å²) in [5, 5.41) is 8.83. The first-order chi connectivity index (χ1) is 6.57. The van der Waals surface area contributed by atoms with E-state index >= 15 is 0 Å². The molecule has 0 unspecified atom stereocenters. The molecular formula is C8H6BrNO4. The van der Waals surface area contributed by atoms with Gasteiger partial charge >= 0.3 is 11.9 Å². The van der Waals surface area contributed by atoms with Gasteiger partial charge in [-0.3, -0.25) is 4.98 Å². The van der Waals surface area contributed by atoms with Crippen LogP contribution in [0, 0.1) is 0 Å². The highest BCUT2D eigenvalue weighted by Crippen LogP contribution is 2.19. The van der Waals surface area contributed by atoms with E-state index in [2.05, 4.69) is 25.7 Å². The number of carbonyl (C=O) groups is 2. The number of halogens is 1. The summed E-state index contributed by atoms with van der Waals surface area (Å²) in [5.74, 6) is -1.93. The van der Waals surface area contributed by atoms with Crippen molar-refractivity contribution in [1.29, 1.82) is 0 Å². The van der Waals surface area contributed by atoms with Crippen LogP contribution in [0.3, 0.4) is 0 Å². The van der Waals surface area contributed by atoms with Crippen molar-refractivity contribution in [2.45, 2.75) is 0 Å². The molecule has 0 saturated carbocycles. The Hall–Kier alpha value is -1.43. The van der Waals surface area contributed by atoms with Gasteiger partial charge in [-0.15, -0.1) is 0 Å². The van der Waals surface area contributed by atoms with Crippen LogP contribution in [0.15, 0.2) is 16.9 Å². The maximum Gasteiger partial charge on any atom is 0.340 e. The van der Waals surface area contributed by atoms with Gasteiger partial charge in [0.15, 0.2) is 0 Å². The average molecular weight is 260 g/mol. The molecule has 0 aliphatic rings. The molecule has 0 atom stereocenters. The van der Waals surface area contributed by atoms with Crippen molar-refractivity contribution in [3.05, 3.63) is 28.0 Å². The van der Waals surface area contributed by atoms with Crippen LogP contribution in [-0.4, -0.2) is 29.1 Å². The zero-order valence-electron chi connectivity index (χ0n) is 7.15. The van der Waals surface area contributed by atoms with Gasteiger partial charge in [0.1, 0.15) is 0 Å². The molecular weight excluding hydrogens is 254 g/mol. The molecule has 0 amide bonds. The molecule has 0 saturated heterocycles. The molecule has 0 aliphatic heterocycles. The van der Waals surface area contributed by atoms with Crippen molar-refractivity contribution in [2.24, 2.45) is 0 Å². The molecule has 1 N–H and O–H groups in total. The first kappa shape index (κ1) is 10.6. The minimum Gasteiger partial charge on any atom is -0.478 e. The summed E-state index contributed by atoms with van der Waals surface area (Å²) in [6.07, 6.45) is 2.45. The van der Waals surface area contributed by atoms with Crippen LogP contribution in [0.4, 0.5) is 0 Å². The Bertz CT molecular complexity index is 391. The summed E-state index contributed by atoms with van der Waals surface area (Å²) < 4.78 is 4.66. The normalized spacial score (nSPS) is 9.57. The highest BCUT2D eigenvalue weighted by molar-refractivity contribution is 9.10. The fourth-order valence-corrected chi connectivity index (χ4v) is 1.42. The minimum absolute atomic E-state index is 0.0747. The number of carbonyl (C=O) groups excluding carboxylic acids is 1. The van der Waals surface area contributed by atoms with E-state index in [1.54, 1.807) is 0 Å². The van der Waals surface area contributed by atoms with E-state index in [4.69, 9.17) is 5.11 Å². The van der Waals surface area contributed by atoms with Gasteiger partial charge in [0, 0.05) is 12.4 Å². The van der Waals surface area contributed by atoms with Gasteiger partial charge in [-0.2, -0.15) is 0 Å². The molecule has 1 aromatic rings. The van der Waals surface area contributed by atoms with E-state index in [1.165, 1.54) is 13.3 Å². The number of pyridine rings is 1. The van der Waals surface area contributed by atoms with Crippen molar-refractivity contribution >= 4 is 27.9 Å². The van der Waals surface area contributed by atoms with Crippen LogP contribution in [0.5, 0.6) is 0 Å². The fourth-order valence-electron chi connectivity index (χ4n) is 0.917. The number of aromatic nitrogens is 1. The molecule has 0 radical (unpaired) electrons. The molecule has 0 aliphatic carbocycles. The number of esters is 1. The lowest BCUT2D eigenvalue weighted by Crippen LogP contribution is -2.11. The predicted octanol–water partition coefficient (Wildman–Crippen LogP) is 1.33. The van der Waals surface area contributed by atoms with E-state index in [1.807, 2.05) is 0 Å². The smallest absolute Gasteiger partial charge is 0.340 e. The molecule has 74 valence electrons. The molecule has 0 spiro atoms. The Labute approximate surface area is 87.8 Å². The van der Waals surface area contributed by atoms with Gasteiger partial charge in [-0.05, 0) is 15.9 Å². The maximum atomic E-state index is 11.1. The number of carboxylic acids is 1. The van der Waals surface area contributed by atoms with Gasteiger partial charge < -0.3 is 9.84 Å². The van der Waals surface area contributed by atoms with Crippen molar-refractivity contribution in [1.82, 2.24) is 4.98 Å². The fraction of sp³-hybridized carbons (Fsp3) is 0.125. The number of nitrogens with zero attached hydrogens (tertiary/aromatic N) is 1. The van der Waals surface area contributed by atoms with E-state index in [-0.39, 0.29) is 15.6 Å². The first-order valence-corrected chi connectivity index (χ1v) is 4.32. The highest BCUT2D eigenvalue weighted by atomic mass is 79.9. The van der Waals surface area contributed by atoms with Crippen LogP contribution in [0.2, 0.25) is 0 Å². The highest BCUT2D eigenvalue weighted by Gasteiger charge is 2.20. The number of methoxy groups -OCH3 is 1. The first-order valence-electron chi connectivity index (χ1n) is 3.53. The molecule has 0 fully saturated rings. The molecule has 5 nitrogen and oxygen atoms in total. The topological polar surface area (TPSA) is 76.5 Å². The number of ether oxygens (including phenoxy) is 1. The molecule has 6 heteroatoms. The zero-order chi connectivity index (χ0) is 10.7. The van der Waals surface area contributed by atoms with Crippen molar-refractivity contribution in [3.8, 4) is 0 Å². The number of aromatic carboxylic acids is 1. The molecule has 0 bridgehead atoms. The second-order valence-corrected chi connectivity index (χ2v) is 3.19. The van der Waals surface area contributed by atoms with E-state index in [9.17, 15) is 9.59 Å². The van der Waals surface area contributed by atoms with Crippen LogP contribution in [0.1, 0.15) is 20.7 Å². The second-order valence-electron chi connectivity index (χ2n) is 2.34. The van der Waals surface area contributed by atoms with Gasteiger partial charge in [0.25, 0.3) is 0 Å². The van der Waals surface area contributed by atoms with E-state index in [0.29, 0.717) is 0 Å². The lowest BCUT2D eigenvalue weighted by atomic mass is 10.1. The van der Waals surface area contributed by atoms with Crippen molar-refractivity contribution < 1.29 is 19.4 Å². The molecule has 14 heavy (non-hydrogen) atoms. The van der Waals surface area contributed by atoms with Crippen LogP contribution in [0.25, 0.3) is 0 Å². The summed E-state index contributed by atoms with van der Waals surface area (Å²) in [6.45, 7) is 0. The Kier molecular flexibility index (Phi) is 3.19. The summed E-state index contributed by atoms with van der Waals surface area (Å²) in [7, 11) is 1.18. The minimum atomic E-state index is -1.21. The van der Waals surface area contributed by atoms with Gasteiger partial charge in [0.2, 0.25) is 0 Å². The number of rotatable bonds is 2. The molecule has 1 aromatic heterocycles. The third kappa shape index (κ3) is 1.90. The SMILES string of the molecule is COC(=O)c1cncc(Br)c1C(=O)O. The van der Waals surface area contributed by atoms with Gasteiger partial charge in [-0.1, -0.05) is 0 Å². The number of carboxylic acid groups (broad SMARTS) is 1. The van der Waals surface area contributed by atoms with Crippen molar-refractivity contribution in [3.63, 3.8) is 0 Å². The Morgan fingerprint density at radius 3 is 2.64 bits per heavy atom. The third-order valence-electron chi connectivity index (χ3n) is 1.52. The van der Waals surface area contributed by atoms with Gasteiger partial charge in [0.05, 0.1) is 22.7 Å². The van der Waals surface area contributed by atoms with Crippen molar-refractivity contribution in [2.75, 3.05) is 7.11 Å². The lowest BCUT2D eigenvalue weighted by molar-refractivity contribution is 0.0581. The van der Waals surface area contributed by atoms with E-state index in [0.717, 1.165) is 6.20 Å². The summed E-state index contributed by atoms with van der Waals surface area (Å²) in [6, 6.07) is 0. The summed E-state index contributed by atoms with van der Waals surface area (Å²) in [4.78, 5) is 25.6. The molecule has 0 aromatic carbocycles. The lowest BCUT2D eigenvalue weighted by Gasteiger charge is -2.04. The monoisotopic (exact) mass is 259 g/mol. The van der Waals surface area contributed by atoms with Crippen LogP contribution < -0.4 is 0 Å². The molecule has 1 heterocycles. The van der Waals surface area contributed by atoms with E-state index < -0.39 is 11.9 Å². The Balaban J connectivity index is 3.35. The standard InChI is InChI=1S/C8H6BrNO4/c1-14-8(13)4-2-10-3-5(9)6(4)7(11)12/h2-3H,1H3,(H,11,12). The Morgan fingerprint density at radius 2 is 2.14 bits per heavy atom. The Morgan fingerprint density at radius 1 is 1.50 bits per heavy atom. The van der Waals surface area contributed by atoms with Crippen LogP contribution >= 0.6 is 15.9 Å². The summed E-state index contributed by atoms with van der Waals surface area (Å²) in [5.41, 5.74) is -0.221. The third-order valence-corrected chi connectivity index (χ3v) is 2.12. The number of hydrogen-bond acceptors (Lipinski definition) is 4. The van der Waals surface area contributed by atoms with Crippen LogP contribution in [-0.2, 0) is 4.74 Å². The zero-order valence-corrected chi connectivity index (χ0v) is 8.74. The molecule has 1 rings (SSSR count). The summed E-state index contributed by atoms with van der Waals surface area (Å²) >= 11 is 2.99. The second kappa shape index (κ2) is 4.19. The maximum absolute atomic E-state index is 11.1. The average Bonchev–Trinajstić information content (AvgIpc) is 2.15. The quantitative estimate of drug-likeness (QED) is 0.811. The van der Waals surface area contributed by atoms with Gasteiger partial charge in [-0.25, -0.2) is 9.59 Å².